The number of nitrogens with zero attached hydrogens (tertiary/aromatic N) is 2. The maximum Gasteiger partial charge on any atom is 0.282 e. The monoisotopic (exact) mass is 357 g/mol. The average molecular weight is 357 g/mol. The highest BCUT2D eigenvalue weighted by Crippen LogP contribution is 2.34. The molecule has 0 unspecified atom stereocenters. The summed E-state index contributed by atoms with van der Waals surface area (Å²) in [4.78, 5) is 26.1. The summed E-state index contributed by atoms with van der Waals surface area (Å²) in [6.07, 6.45) is 1.39. The normalized spacial score (nSPS) is 10.6. The van der Waals surface area contributed by atoms with Gasteiger partial charge in [-0.2, -0.15) is 0 Å². The Hall–Kier alpha value is -3.42. The van der Waals surface area contributed by atoms with Crippen LogP contribution >= 0.6 is 0 Å². The van der Waals surface area contributed by atoms with Crippen molar-refractivity contribution in [2.24, 2.45) is 4.99 Å². The number of aliphatic imine (C=N–C) groups is 1. The number of hydrogen-bond donors (Lipinski definition) is 1. The lowest BCUT2D eigenvalue weighted by atomic mass is 10.1. The predicted molar refractivity (Wildman–Crippen MR) is 98.8 cm³/mol. The zero-order valence-corrected chi connectivity index (χ0v) is 14.7. The summed E-state index contributed by atoms with van der Waals surface area (Å²) < 4.78 is 10.6. The van der Waals surface area contributed by atoms with Crippen LogP contribution in [0.25, 0.3) is 0 Å². The Morgan fingerprint density at radius 3 is 2.50 bits per heavy atom. The summed E-state index contributed by atoms with van der Waals surface area (Å²) in [6, 6.07) is 9.61. The van der Waals surface area contributed by atoms with Crippen LogP contribution in [0.15, 0.2) is 41.4 Å². The Morgan fingerprint density at radius 1 is 1.27 bits per heavy atom. The number of amides is 1. The number of methoxy groups -OCH3 is 1. The molecule has 8 heteroatoms. The van der Waals surface area contributed by atoms with Crippen LogP contribution < -0.4 is 14.8 Å². The fourth-order valence-electron chi connectivity index (χ4n) is 2.23. The molecule has 1 amide bonds. The summed E-state index contributed by atoms with van der Waals surface area (Å²) in [5, 5.41) is 14.0. The highest BCUT2D eigenvalue weighted by Gasteiger charge is 2.18. The van der Waals surface area contributed by atoms with Crippen LogP contribution in [0.1, 0.15) is 19.4 Å². The molecule has 0 saturated heterocycles. The van der Waals surface area contributed by atoms with Gasteiger partial charge in [-0.1, -0.05) is 0 Å². The minimum Gasteiger partial charge on any atom is -0.493 e. The zero-order valence-electron chi connectivity index (χ0n) is 14.7. The number of nitro groups is 1. The Balaban J connectivity index is 2.33. The summed E-state index contributed by atoms with van der Waals surface area (Å²) >= 11 is 0. The Morgan fingerprint density at radius 2 is 1.96 bits per heavy atom. The van der Waals surface area contributed by atoms with Crippen LogP contribution in [0.5, 0.6) is 11.5 Å². The second-order valence-electron chi connectivity index (χ2n) is 5.24. The van der Waals surface area contributed by atoms with Crippen LogP contribution in [0, 0.1) is 10.1 Å². The molecule has 0 spiro atoms. The van der Waals surface area contributed by atoms with E-state index in [9.17, 15) is 14.9 Å². The number of carbonyl (C=O) groups excluding carboxylic acids is 1. The van der Waals surface area contributed by atoms with Crippen LogP contribution in [-0.2, 0) is 4.79 Å². The van der Waals surface area contributed by atoms with Crippen LogP contribution in [0.3, 0.4) is 0 Å². The van der Waals surface area contributed by atoms with Gasteiger partial charge in [0.1, 0.15) is 0 Å². The zero-order chi connectivity index (χ0) is 19.1. The fraction of sp³-hybridized carbons (Fsp3) is 0.222. The lowest BCUT2D eigenvalue weighted by Crippen LogP contribution is -2.04. The molecule has 0 atom stereocenters. The van der Waals surface area contributed by atoms with Crippen LogP contribution in [-0.4, -0.2) is 30.8 Å². The van der Waals surface area contributed by atoms with E-state index in [-0.39, 0.29) is 11.6 Å². The van der Waals surface area contributed by atoms with E-state index in [2.05, 4.69) is 10.3 Å². The summed E-state index contributed by atoms with van der Waals surface area (Å²) in [6.45, 7) is 3.57. The van der Waals surface area contributed by atoms with E-state index in [1.54, 1.807) is 31.2 Å². The van der Waals surface area contributed by atoms with E-state index in [0.29, 0.717) is 35.0 Å². The van der Waals surface area contributed by atoms with Crippen molar-refractivity contribution in [3.8, 4) is 11.5 Å². The van der Waals surface area contributed by atoms with Crippen molar-refractivity contribution >= 4 is 29.2 Å². The molecule has 2 aromatic rings. The molecule has 0 heterocycles. The highest BCUT2D eigenvalue weighted by atomic mass is 16.6. The summed E-state index contributed by atoms with van der Waals surface area (Å²) in [7, 11) is 1.46. The quantitative estimate of drug-likeness (QED) is 0.462. The average Bonchev–Trinajstić information content (AvgIpc) is 2.61. The maximum atomic E-state index is 11.3. The Bertz CT molecular complexity index is 831. The topological polar surface area (TPSA) is 103 Å². The Labute approximate surface area is 150 Å². The molecule has 0 fully saturated rings. The van der Waals surface area contributed by atoms with Gasteiger partial charge in [0.05, 0.1) is 36.0 Å². The fourth-order valence-corrected chi connectivity index (χ4v) is 2.23. The number of carbonyl (C=O) groups is 1. The first kappa shape index (κ1) is 18.9. The molecule has 2 rings (SSSR count). The second-order valence-corrected chi connectivity index (χ2v) is 5.24. The molecule has 0 radical (unpaired) electrons. The number of nitrogens with one attached hydrogen (secondary N) is 1. The number of nitro benzene ring substituents is 1. The molecule has 0 aliphatic heterocycles. The van der Waals surface area contributed by atoms with E-state index < -0.39 is 4.92 Å². The van der Waals surface area contributed by atoms with Crippen molar-refractivity contribution in [1.82, 2.24) is 0 Å². The minimum atomic E-state index is -0.497. The number of hydrogen-bond acceptors (Lipinski definition) is 6. The molecular weight excluding hydrogens is 338 g/mol. The van der Waals surface area contributed by atoms with E-state index >= 15 is 0 Å². The molecule has 0 aromatic heterocycles. The predicted octanol–water partition coefficient (Wildman–Crippen LogP) is 3.71. The molecule has 136 valence electrons. The molecule has 0 aliphatic carbocycles. The van der Waals surface area contributed by atoms with Gasteiger partial charge in [-0.15, -0.1) is 0 Å². The minimum absolute atomic E-state index is 0.132. The SMILES string of the molecule is CCOc1cc([N+](=O)[O-])c(C=Nc2ccc(NC(C)=O)cc2)cc1OC. The molecule has 0 saturated carbocycles. The molecule has 1 N–H and O–H groups in total. The first-order valence-electron chi connectivity index (χ1n) is 7.85. The van der Waals surface area contributed by atoms with Crippen molar-refractivity contribution in [3.05, 3.63) is 52.1 Å². The molecule has 0 bridgehead atoms. The van der Waals surface area contributed by atoms with Gasteiger partial charge in [0.25, 0.3) is 5.69 Å². The van der Waals surface area contributed by atoms with Crippen molar-refractivity contribution in [1.29, 1.82) is 0 Å². The van der Waals surface area contributed by atoms with Gasteiger partial charge in [0.15, 0.2) is 11.5 Å². The van der Waals surface area contributed by atoms with Gasteiger partial charge in [0.2, 0.25) is 5.91 Å². The van der Waals surface area contributed by atoms with Crippen molar-refractivity contribution in [2.75, 3.05) is 19.0 Å². The molecule has 0 aliphatic rings. The van der Waals surface area contributed by atoms with E-state index in [4.69, 9.17) is 9.47 Å². The maximum absolute atomic E-state index is 11.3. The largest absolute Gasteiger partial charge is 0.493 e. The van der Waals surface area contributed by atoms with Crippen molar-refractivity contribution in [3.63, 3.8) is 0 Å². The van der Waals surface area contributed by atoms with Gasteiger partial charge >= 0.3 is 0 Å². The molecule has 26 heavy (non-hydrogen) atoms. The standard InChI is InChI=1S/C18H19N3O5/c1-4-26-18-10-16(21(23)24)13(9-17(18)25-3)11-19-14-5-7-15(8-6-14)20-12(2)22/h5-11H,4H2,1-3H3,(H,20,22). The highest BCUT2D eigenvalue weighted by molar-refractivity contribution is 5.90. The van der Waals surface area contributed by atoms with Crippen LogP contribution in [0.4, 0.5) is 17.1 Å². The van der Waals surface area contributed by atoms with Crippen molar-refractivity contribution in [2.45, 2.75) is 13.8 Å². The smallest absolute Gasteiger partial charge is 0.282 e. The molecule has 2 aromatic carbocycles. The van der Waals surface area contributed by atoms with Crippen molar-refractivity contribution < 1.29 is 19.2 Å². The number of benzene rings is 2. The van der Waals surface area contributed by atoms with Gasteiger partial charge in [-0.05, 0) is 37.3 Å². The third-order valence-corrected chi connectivity index (χ3v) is 3.35. The number of ether oxygens (including phenoxy) is 2. The lowest BCUT2D eigenvalue weighted by Gasteiger charge is -2.10. The molecular formula is C18H19N3O5. The third-order valence-electron chi connectivity index (χ3n) is 3.35. The van der Waals surface area contributed by atoms with Gasteiger partial charge in [0, 0.05) is 18.8 Å². The Kier molecular flexibility index (Phi) is 6.26. The third kappa shape index (κ3) is 4.79. The lowest BCUT2D eigenvalue weighted by molar-refractivity contribution is -0.385. The number of anilines is 1. The molecule has 8 nitrogen and oxygen atoms in total. The summed E-state index contributed by atoms with van der Waals surface area (Å²) in [5.41, 5.74) is 1.39. The van der Waals surface area contributed by atoms with Gasteiger partial charge in [-0.3, -0.25) is 19.9 Å². The number of rotatable bonds is 7. The van der Waals surface area contributed by atoms with E-state index in [0.717, 1.165) is 0 Å². The van der Waals surface area contributed by atoms with E-state index in [1.165, 1.54) is 32.4 Å². The first-order valence-corrected chi connectivity index (χ1v) is 7.85. The second kappa shape index (κ2) is 8.61. The van der Waals surface area contributed by atoms with Gasteiger partial charge in [-0.25, -0.2) is 0 Å². The van der Waals surface area contributed by atoms with Crippen LogP contribution in [0.2, 0.25) is 0 Å². The van der Waals surface area contributed by atoms with E-state index in [1.807, 2.05) is 0 Å². The summed E-state index contributed by atoms with van der Waals surface area (Å²) in [5.74, 6) is 0.525. The first-order chi connectivity index (χ1) is 12.4. The van der Waals surface area contributed by atoms with Gasteiger partial charge < -0.3 is 14.8 Å².